The molecule has 0 aromatic heterocycles. The minimum Gasteiger partial charge on any atom is -0.376 e. The molecule has 0 spiro atoms. The zero-order valence-electron chi connectivity index (χ0n) is 10.4. The Hall–Kier alpha value is -1.29. The molecule has 1 aromatic rings. The predicted molar refractivity (Wildman–Crippen MR) is 73.1 cm³/mol. The van der Waals surface area contributed by atoms with Gasteiger partial charge in [0.05, 0.1) is 9.95 Å². The molecular weight excluding hydrogens is 252 g/mol. The monoisotopic (exact) mass is 268 g/mol. The molecule has 1 fully saturated rings. The van der Waals surface area contributed by atoms with Crippen molar-refractivity contribution in [3.8, 4) is 0 Å². The van der Waals surface area contributed by atoms with Crippen LogP contribution in [0.5, 0.6) is 0 Å². The van der Waals surface area contributed by atoms with E-state index in [1.807, 2.05) is 0 Å². The van der Waals surface area contributed by atoms with E-state index in [-0.39, 0.29) is 10.6 Å². The van der Waals surface area contributed by atoms with E-state index in [1.165, 1.54) is 6.07 Å². The van der Waals surface area contributed by atoms with Gasteiger partial charge in [0, 0.05) is 12.1 Å². The van der Waals surface area contributed by atoms with Gasteiger partial charge in [0.1, 0.15) is 5.69 Å². The Labute approximate surface area is 111 Å². The molecule has 0 aliphatic heterocycles. The molecule has 0 amide bonds. The minimum absolute atomic E-state index is 0.0566. The number of benzene rings is 1. The van der Waals surface area contributed by atoms with Gasteiger partial charge in [0.2, 0.25) is 0 Å². The Morgan fingerprint density at radius 1 is 1.33 bits per heavy atom. The Morgan fingerprint density at radius 2 is 2.00 bits per heavy atom. The molecule has 1 aliphatic carbocycles. The minimum atomic E-state index is -0.389. The van der Waals surface area contributed by atoms with Crippen molar-refractivity contribution in [1.29, 1.82) is 0 Å². The van der Waals surface area contributed by atoms with Crippen molar-refractivity contribution < 1.29 is 4.92 Å². The van der Waals surface area contributed by atoms with Gasteiger partial charge in [0.25, 0.3) is 5.69 Å². The molecular formula is C13H17ClN2O2. The quantitative estimate of drug-likeness (QED) is 0.659. The molecule has 18 heavy (non-hydrogen) atoms. The lowest BCUT2D eigenvalue weighted by atomic mass is 9.87. The van der Waals surface area contributed by atoms with Crippen LogP contribution in [-0.4, -0.2) is 11.0 Å². The maximum Gasteiger partial charge on any atom is 0.293 e. The van der Waals surface area contributed by atoms with Crippen LogP contribution in [0.15, 0.2) is 18.2 Å². The average molecular weight is 269 g/mol. The normalized spacial score (nSPS) is 23.7. The molecule has 1 aromatic carbocycles. The van der Waals surface area contributed by atoms with Crippen LogP contribution in [0.1, 0.15) is 32.6 Å². The average Bonchev–Trinajstić information content (AvgIpc) is 2.34. The van der Waals surface area contributed by atoms with Crippen LogP contribution in [0.3, 0.4) is 0 Å². The highest BCUT2D eigenvalue weighted by molar-refractivity contribution is 6.33. The van der Waals surface area contributed by atoms with E-state index < -0.39 is 0 Å². The van der Waals surface area contributed by atoms with Crippen molar-refractivity contribution in [3.63, 3.8) is 0 Å². The number of halogens is 1. The third-order valence-electron chi connectivity index (χ3n) is 3.55. The number of anilines is 1. The number of para-hydroxylation sites is 1. The first-order chi connectivity index (χ1) is 8.58. The number of hydrogen-bond donors (Lipinski definition) is 1. The summed E-state index contributed by atoms with van der Waals surface area (Å²) in [6.07, 6.45) is 4.42. The molecule has 2 rings (SSSR count). The SMILES string of the molecule is CC1CCC(Nc2c(Cl)cccc2[N+](=O)[O-])CC1. The van der Waals surface area contributed by atoms with E-state index in [2.05, 4.69) is 12.2 Å². The predicted octanol–water partition coefficient (Wildman–Crippen LogP) is 4.24. The zero-order valence-corrected chi connectivity index (χ0v) is 11.1. The molecule has 4 nitrogen and oxygen atoms in total. The highest BCUT2D eigenvalue weighted by Crippen LogP contribution is 2.35. The molecule has 1 saturated carbocycles. The zero-order chi connectivity index (χ0) is 13.1. The Morgan fingerprint density at radius 3 is 2.61 bits per heavy atom. The van der Waals surface area contributed by atoms with Crippen LogP contribution < -0.4 is 5.32 Å². The number of nitrogens with zero attached hydrogens (tertiary/aromatic N) is 1. The molecule has 1 N–H and O–H groups in total. The van der Waals surface area contributed by atoms with Gasteiger partial charge in [-0.15, -0.1) is 0 Å². The van der Waals surface area contributed by atoms with Crippen LogP contribution in [-0.2, 0) is 0 Å². The fourth-order valence-electron chi connectivity index (χ4n) is 2.42. The van der Waals surface area contributed by atoms with Gasteiger partial charge in [-0.1, -0.05) is 24.6 Å². The Kier molecular flexibility index (Phi) is 4.07. The van der Waals surface area contributed by atoms with Crippen molar-refractivity contribution in [3.05, 3.63) is 33.3 Å². The van der Waals surface area contributed by atoms with Gasteiger partial charge in [-0.2, -0.15) is 0 Å². The summed E-state index contributed by atoms with van der Waals surface area (Å²) in [6, 6.07) is 5.07. The number of nitro groups is 1. The molecule has 0 saturated heterocycles. The second kappa shape index (κ2) is 5.57. The third-order valence-corrected chi connectivity index (χ3v) is 3.87. The summed E-state index contributed by atoms with van der Waals surface area (Å²) in [5.74, 6) is 0.754. The Balaban J connectivity index is 2.15. The molecule has 0 unspecified atom stereocenters. The van der Waals surface area contributed by atoms with Crippen molar-refractivity contribution in [2.45, 2.75) is 38.6 Å². The molecule has 0 atom stereocenters. The topological polar surface area (TPSA) is 55.2 Å². The maximum atomic E-state index is 11.0. The summed E-state index contributed by atoms with van der Waals surface area (Å²) in [7, 11) is 0. The smallest absolute Gasteiger partial charge is 0.293 e. The summed E-state index contributed by atoms with van der Waals surface area (Å²) in [4.78, 5) is 10.6. The van der Waals surface area contributed by atoms with Gasteiger partial charge in [-0.3, -0.25) is 10.1 Å². The van der Waals surface area contributed by atoms with E-state index in [0.29, 0.717) is 16.8 Å². The largest absolute Gasteiger partial charge is 0.376 e. The first kappa shape index (κ1) is 13.1. The van der Waals surface area contributed by atoms with Crippen LogP contribution >= 0.6 is 11.6 Å². The number of nitrogens with one attached hydrogen (secondary N) is 1. The van der Waals surface area contributed by atoms with Crippen molar-refractivity contribution >= 4 is 23.0 Å². The van der Waals surface area contributed by atoms with E-state index in [0.717, 1.165) is 31.6 Å². The lowest BCUT2D eigenvalue weighted by molar-refractivity contribution is -0.384. The van der Waals surface area contributed by atoms with E-state index >= 15 is 0 Å². The first-order valence-corrected chi connectivity index (χ1v) is 6.65. The van der Waals surface area contributed by atoms with E-state index in [1.54, 1.807) is 12.1 Å². The van der Waals surface area contributed by atoms with Crippen LogP contribution in [0.4, 0.5) is 11.4 Å². The standard InChI is InChI=1S/C13H17ClN2O2/c1-9-5-7-10(8-6-9)15-13-11(14)3-2-4-12(13)16(17)18/h2-4,9-10,15H,5-8H2,1H3. The molecule has 98 valence electrons. The fourth-order valence-corrected chi connectivity index (χ4v) is 2.64. The van der Waals surface area contributed by atoms with Crippen molar-refractivity contribution in [2.75, 3.05) is 5.32 Å². The van der Waals surface area contributed by atoms with E-state index in [9.17, 15) is 10.1 Å². The van der Waals surface area contributed by atoms with Gasteiger partial charge in [0.15, 0.2) is 0 Å². The van der Waals surface area contributed by atoms with E-state index in [4.69, 9.17) is 11.6 Å². The lowest BCUT2D eigenvalue weighted by Gasteiger charge is -2.27. The highest BCUT2D eigenvalue weighted by Gasteiger charge is 2.23. The number of hydrogen-bond acceptors (Lipinski definition) is 3. The summed E-state index contributed by atoms with van der Waals surface area (Å²) in [6.45, 7) is 2.24. The lowest BCUT2D eigenvalue weighted by Crippen LogP contribution is -2.25. The highest BCUT2D eigenvalue weighted by atomic mass is 35.5. The molecule has 5 heteroatoms. The fraction of sp³-hybridized carbons (Fsp3) is 0.538. The van der Waals surface area contributed by atoms with Crippen molar-refractivity contribution in [1.82, 2.24) is 0 Å². The molecule has 1 aliphatic rings. The van der Waals surface area contributed by atoms with Crippen LogP contribution in [0, 0.1) is 16.0 Å². The summed E-state index contributed by atoms with van der Waals surface area (Å²) >= 11 is 6.05. The molecule has 0 radical (unpaired) electrons. The van der Waals surface area contributed by atoms with Crippen LogP contribution in [0.25, 0.3) is 0 Å². The van der Waals surface area contributed by atoms with Gasteiger partial charge in [-0.05, 0) is 37.7 Å². The van der Waals surface area contributed by atoms with Gasteiger partial charge in [-0.25, -0.2) is 0 Å². The number of nitro benzene ring substituents is 1. The Bertz CT molecular complexity index is 443. The second-order valence-electron chi connectivity index (χ2n) is 4.99. The molecule has 0 bridgehead atoms. The summed E-state index contributed by atoms with van der Waals surface area (Å²) in [5.41, 5.74) is 0.518. The van der Waals surface area contributed by atoms with Crippen LogP contribution in [0.2, 0.25) is 5.02 Å². The molecule has 0 heterocycles. The number of rotatable bonds is 3. The second-order valence-corrected chi connectivity index (χ2v) is 5.40. The summed E-state index contributed by atoms with van der Waals surface area (Å²) in [5, 5.41) is 14.6. The first-order valence-electron chi connectivity index (χ1n) is 6.27. The van der Waals surface area contributed by atoms with Crippen molar-refractivity contribution in [2.24, 2.45) is 5.92 Å². The van der Waals surface area contributed by atoms with Gasteiger partial charge >= 0.3 is 0 Å². The van der Waals surface area contributed by atoms with Gasteiger partial charge < -0.3 is 5.32 Å². The summed E-state index contributed by atoms with van der Waals surface area (Å²) < 4.78 is 0. The third kappa shape index (κ3) is 2.93. The maximum absolute atomic E-state index is 11.0.